The summed E-state index contributed by atoms with van der Waals surface area (Å²) in [5.41, 5.74) is 3.71. The number of aromatic hydroxyl groups is 1. The molecule has 0 atom stereocenters. The van der Waals surface area contributed by atoms with Gasteiger partial charge in [0.1, 0.15) is 5.75 Å². The van der Waals surface area contributed by atoms with Gasteiger partial charge in [-0.2, -0.15) is 4.02 Å². The minimum Gasteiger partial charge on any atom is -0.507 e. The second kappa shape index (κ2) is 10.2. The first-order chi connectivity index (χ1) is 14.8. The number of imidazole rings is 1. The van der Waals surface area contributed by atoms with Gasteiger partial charge in [-0.15, -0.1) is 0 Å². The summed E-state index contributed by atoms with van der Waals surface area (Å²) in [5, 5.41) is 10.9. The largest absolute Gasteiger partial charge is 0.507 e. The van der Waals surface area contributed by atoms with Gasteiger partial charge in [0.05, 0.1) is 22.7 Å². The van der Waals surface area contributed by atoms with Crippen LogP contribution in [-0.2, 0) is 23.9 Å². The van der Waals surface area contributed by atoms with Crippen LogP contribution in [0.15, 0.2) is 40.2 Å². The number of phenolic OH excluding ortho intramolecular Hbond substituents is 1. The van der Waals surface area contributed by atoms with E-state index in [0.717, 1.165) is 24.0 Å². The third-order valence-electron chi connectivity index (χ3n) is 5.86. The summed E-state index contributed by atoms with van der Waals surface area (Å²) < 4.78 is 8.12. The van der Waals surface area contributed by atoms with Gasteiger partial charge in [0, 0.05) is 35.6 Å². The number of allylic oxidation sites excluding steroid dienone is 2. The quantitative estimate of drug-likeness (QED) is 0.349. The van der Waals surface area contributed by atoms with Crippen molar-refractivity contribution in [3.63, 3.8) is 0 Å². The SMILES string of the molecule is CCC(=CCn1ccn(CC(=O)c2cc(C(C)(C)C)c(O)c(C(C)(C)C)c2)/c1=N\Br)CC. The molecule has 1 N–H and O–H groups in total. The van der Waals surface area contributed by atoms with E-state index >= 15 is 0 Å². The number of rotatable bonds is 7. The molecule has 0 fully saturated rings. The molecule has 1 heterocycles. The van der Waals surface area contributed by atoms with Crippen molar-refractivity contribution in [1.82, 2.24) is 9.13 Å². The Morgan fingerprint density at radius 2 is 1.50 bits per heavy atom. The predicted octanol–water partition coefficient (Wildman–Crippen LogP) is 6.43. The van der Waals surface area contributed by atoms with E-state index in [0.29, 0.717) is 17.7 Å². The minimum absolute atomic E-state index is 0.0144. The topological polar surface area (TPSA) is 59.5 Å². The van der Waals surface area contributed by atoms with Crippen LogP contribution in [0.5, 0.6) is 5.75 Å². The van der Waals surface area contributed by atoms with Gasteiger partial charge in [0.15, 0.2) is 5.78 Å². The third kappa shape index (κ3) is 6.03. The van der Waals surface area contributed by atoms with Crippen LogP contribution in [0.4, 0.5) is 0 Å². The van der Waals surface area contributed by atoms with Gasteiger partial charge in [0.2, 0.25) is 5.62 Å². The fourth-order valence-corrected chi connectivity index (χ4v) is 4.18. The van der Waals surface area contributed by atoms with Crippen molar-refractivity contribution < 1.29 is 9.90 Å². The maximum atomic E-state index is 13.3. The molecular formula is C26H38BrN3O2. The van der Waals surface area contributed by atoms with Crippen LogP contribution < -0.4 is 5.62 Å². The first-order valence-corrected chi connectivity index (χ1v) is 12.0. The lowest BCUT2D eigenvalue weighted by molar-refractivity contribution is 0.0970. The molecule has 176 valence electrons. The highest BCUT2D eigenvalue weighted by Crippen LogP contribution is 2.39. The monoisotopic (exact) mass is 503 g/mol. The molecule has 0 saturated heterocycles. The number of ketones is 1. The summed E-state index contributed by atoms with van der Waals surface area (Å²) in [4.78, 5) is 13.3. The van der Waals surface area contributed by atoms with Crippen molar-refractivity contribution in [1.29, 1.82) is 0 Å². The van der Waals surface area contributed by atoms with Crippen molar-refractivity contribution in [2.75, 3.05) is 0 Å². The highest BCUT2D eigenvalue weighted by atomic mass is 79.9. The van der Waals surface area contributed by atoms with Gasteiger partial charge in [-0.25, -0.2) is 0 Å². The van der Waals surface area contributed by atoms with Crippen molar-refractivity contribution in [3.05, 3.63) is 58.5 Å². The number of nitrogens with zero attached hydrogens (tertiary/aromatic N) is 3. The summed E-state index contributed by atoms with van der Waals surface area (Å²) in [7, 11) is 0. The van der Waals surface area contributed by atoms with E-state index in [1.165, 1.54) is 5.57 Å². The molecule has 0 aliphatic carbocycles. The summed E-state index contributed by atoms with van der Waals surface area (Å²) in [6.07, 6.45) is 8.12. The lowest BCUT2D eigenvalue weighted by atomic mass is 9.78. The molecule has 0 aliphatic rings. The molecule has 0 bridgehead atoms. The molecule has 0 aliphatic heterocycles. The number of benzene rings is 1. The Morgan fingerprint density at radius 3 is 1.94 bits per heavy atom. The van der Waals surface area contributed by atoms with Crippen LogP contribution in [0, 0.1) is 0 Å². The Labute approximate surface area is 201 Å². The zero-order valence-corrected chi connectivity index (χ0v) is 22.4. The summed E-state index contributed by atoms with van der Waals surface area (Å²) in [5.74, 6) is 0.269. The fraction of sp³-hybridized carbons (Fsp3) is 0.538. The van der Waals surface area contributed by atoms with E-state index in [2.05, 4.69) is 40.1 Å². The Bertz CT molecular complexity index is 1020. The molecule has 0 radical (unpaired) electrons. The van der Waals surface area contributed by atoms with E-state index in [-0.39, 0.29) is 28.9 Å². The number of hydrogen-bond donors (Lipinski definition) is 1. The van der Waals surface area contributed by atoms with E-state index in [4.69, 9.17) is 0 Å². The second-order valence-electron chi connectivity index (χ2n) is 10.4. The van der Waals surface area contributed by atoms with Gasteiger partial charge in [-0.3, -0.25) is 4.79 Å². The molecule has 1 aromatic heterocycles. The highest BCUT2D eigenvalue weighted by Gasteiger charge is 2.27. The highest BCUT2D eigenvalue weighted by molar-refractivity contribution is 9.08. The molecule has 0 spiro atoms. The van der Waals surface area contributed by atoms with Crippen LogP contribution in [-0.4, -0.2) is 20.0 Å². The van der Waals surface area contributed by atoms with Gasteiger partial charge in [-0.1, -0.05) is 67.0 Å². The zero-order chi connectivity index (χ0) is 24.3. The number of carbonyl (C=O) groups excluding carboxylic acids is 1. The smallest absolute Gasteiger partial charge is 0.217 e. The average Bonchev–Trinajstić information content (AvgIpc) is 3.08. The van der Waals surface area contributed by atoms with Crippen molar-refractivity contribution in [3.8, 4) is 5.75 Å². The Balaban J connectivity index is 2.45. The second-order valence-corrected chi connectivity index (χ2v) is 10.7. The molecule has 5 nitrogen and oxygen atoms in total. The minimum atomic E-state index is -0.282. The molecule has 0 unspecified atom stereocenters. The number of halogens is 1. The first kappa shape index (κ1) is 26.2. The van der Waals surface area contributed by atoms with Gasteiger partial charge < -0.3 is 14.2 Å². The number of hydrogen-bond acceptors (Lipinski definition) is 3. The van der Waals surface area contributed by atoms with Crippen LogP contribution in [0.3, 0.4) is 0 Å². The predicted molar refractivity (Wildman–Crippen MR) is 135 cm³/mol. The Kier molecular flexibility index (Phi) is 8.38. The normalized spacial score (nSPS) is 12.8. The molecule has 1 aromatic carbocycles. The molecule has 32 heavy (non-hydrogen) atoms. The van der Waals surface area contributed by atoms with Crippen molar-refractivity contribution in [2.45, 2.75) is 92.2 Å². The van der Waals surface area contributed by atoms with Crippen molar-refractivity contribution in [2.24, 2.45) is 4.02 Å². The molecular weight excluding hydrogens is 466 g/mol. The molecule has 2 rings (SSSR count). The number of Topliss-reactive ketones (excluding diaryl/α,β-unsaturated/α-hetero) is 1. The standard InChI is InChI=1S/C26H38BrN3O2/c1-9-18(10-2)11-12-29-13-14-30(24(29)28-27)17-22(31)19-15-20(25(3,4)5)23(32)21(16-19)26(6,7)8/h11,13-16,32H,9-10,12,17H2,1-8H3/b28-24-. The van der Waals surface area contributed by atoms with E-state index in [1.807, 2.05) is 75.2 Å². The van der Waals surface area contributed by atoms with Crippen LogP contribution in [0.1, 0.15) is 89.7 Å². The maximum Gasteiger partial charge on any atom is 0.217 e. The lowest BCUT2D eigenvalue weighted by Crippen LogP contribution is -2.28. The van der Waals surface area contributed by atoms with E-state index < -0.39 is 0 Å². The van der Waals surface area contributed by atoms with Gasteiger partial charge in [0.25, 0.3) is 0 Å². The Hall–Kier alpha value is -2.08. The first-order valence-electron chi connectivity index (χ1n) is 11.3. The zero-order valence-electron chi connectivity index (χ0n) is 20.8. The average molecular weight is 505 g/mol. The maximum absolute atomic E-state index is 13.3. The molecule has 6 heteroatoms. The molecule has 0 saturated carbocycles. The Morgan fingerprint density at radius 1 is 1.00 bits per heavy atom. The molecule has 0 amide bonds. The summed E-state index contributed by atoms with van der Waals surface area (Å²) >= 11 is 3.23. The van der Waals surface area contributed by atoms with Crippen LogP contribution in [0.2, 0.25) is 0 Å². The van der Waals surface area contributed by atoms with Crippen LogP contribution in [0.25, 0.3) is 0 Å². The van der Waals surface area contributed by atoms with Gasteiger partial charge >= 0.3 is 0 Å². The van der Waals surface area contributed by atoms with E-state index in [1.54, 1.807) is 0 Å². The van der Waals surface area contributed by atoms with Crippen molar-refractivity contribution >= 4 is 21.9 Å². The third-order valence-corrected chi connectivity index (χ3v) is 6.18. The summed E-state index contributed by atoms with van der Waals surface area (Å²) in [6.45, 7) is 17.5. The number of phenols is 1. The fourth-order valence-electron chi connectivity index (χ4n) is 3.77. The number of aromatic nitrogens is 2. The van der Waals surface area contributed by atoms with Crippen LogP contribution >= 0.6 is 16.1 Å². The summed E-state index contributed by atoms with van der Waals surface area (Å²) in [6, 6.07) is 3.68. The number of carbonyl (C=O) groups is 1. The van der Waals surface area contributed by atoms with E-state index in [9.17, 15) is 9.90 Å². The lowest BCUT2D eigenvalue weighted by Gasteiger charge is -2.28. The van der Waals surface area contributed by atoms with Gasteiger partial charge in [-0.05, 0) is 35.8 Å². The molecule has 2 aromatic rings.